The standard InChI is InChI=1S/C16H26O/c1-2-3-13-4-8-15(9-5-13)16-10-6-14(12-17)7-11-16/h2-3,12-16H,4-11H2,1H3/t13-,14-,15-,16-. The first kappa shape index (κ1) is 12.9. The van der Waals surface area contributed by atoms with Gasteiger partial charge in [-0.15, -0.1) is 0 Å². The Hall–Kier alpha value is -0.590. The molecule has 0 spiro atoms. The molecule has 0 amide bonds. The largest absolute Gasteiger partial charge is 0.303 e. The van der Waals surface area contributed by atoms with E-state index in [1.165, 1.54) is 44.8 Å². The van der Waals surface area contributed by atoms with E-state index in [1.54, 1.807) is 0 Å². The summed E-state index contributed by atoms with van der Waals surface area (Å²) in [7, 11) is 0. The number of hydrogen-bond donors (Lipinski definition) is 0. The highest BCUT2D eigenvalue weighted by Gasteiger charge is 2.29. The molecular formula is C16H26O. The third-order valence-corrected chi connectivity index (χ3v) is 4.96. The maximum Gasteiger partial charge on any atom is 0.123 e. The summed E-state index contributed by atoms with van der Waals surface area (Å²) < 4.78 is 0. The van der Waals surface area contributed by atoms with Gasteiger partial charge in [0.15, 0.2) is 0 Å². The van der Waals surface area contributed by atoms with Crippen LogP contribution in [-0.2, 0) is 4.79 Å². The molecule has 0 bridgehead atoms. The molecule has 0 aromatic heterocycles. The predicted molar refractivity (Wildman–Crippen MR) is 71.8 cm³/mol. The highest BCUT2D eigenvalue weighted by molar-refractivity contribution is 5.53. The van der Waals surface area contributed by atoms with E-state index in [4.69, 9.17) is 0 Å². The Morgan fingerprint density at radius 1 is 0.765 bits per heavy atom. The Morgan fingerprint density at radius 2 is 1.24 bits per heavy atom. The van der Waals surface area contributed by atoms with Crippen molar-refractivity contribution in [3.63, 3.8) is 0 Å². The second-order valence-electron chi connectivity index (χ2n) is 6.01. The quantitative estimate of drug-likeness (QED) is 0.523. The second kappa shape index (κ2) is 6.37. The van der Waals surface area contributed by atoms with Gasteiger partial charge in [-0.05, 0) is 76.0 Å². The summed E-state index contributed by atoms with van der Waals surface area (Å²) >= 11 is 0. The average molecular weight is 234 g/mol. The summed E-state index contributed by atoms with van der Waals surface area (Å²) in [6, 6.07) is 0. The van der Waals surface area contributed by atoms with Crippen LogP contribution in [0.25, 0.3) is 0 Å². The molecule has 0 unspecified atom stereocenters. The van der Waals surface area contributed by atoms with Gasteiger partial charge in [0, 0.05) is 5.92 Å². The van der Waals surface area contributed by atoms with Crippen molar-refractivity contribution in [2.75, 3.05) is 0 Å². The zero-order valence-electron chi connectivity index (χ0n) is 11.1. The number of carbonyl (C=O) groups is 1. The Bertz CT molecular complexity index is 253. The molecule has 17 heavy (non-hydrogen) atoms. The topological polar surface area (TPSA) is 17.1 Å². The van der Waals surface area contributed by atoms with E-state index < -0.39 is 0 Å². The van der Waals surface area contributed by atoms with Crippen molar-refractivity contribution < 1.29 is 4.79 Å². The van der Waals surface area contributed by atoms with Crippen molar-refractivity contribution in [3.05, 3.63) is 12.2 Å². The highest BCUT2D eigenvalue weighted by atomic mass is 16.1. The summed E-state index contributed by atoms with van der Waals surface area (Å²) in [5.41, 5.74) is 0. The molecule has 0 radical (unpaired) electrons. The van der Waals surface area contributed by atoms with Crippen molar-refractivity contribution >= 4 is 6.29 Å². The van der Waals surface area contributed by atoms with Crippen LogP contribution in [0.1, 0.15) is 58.3 Å². The predicted octanol–water partition coefficient (Wildman–Crippen LogP) is 4.37. The van der Waals surface area contributed by atoms with Crippen LogP contribution in [-0.4, -0.2) is 6.29 Å². The maximum atomic E-state index is 10.8. The minimum atomic E-state index is 0.380. The van der Waals surface area contributed by atoms with E-state index in [9.17, 15) is 4.79 Å². The van der Waals surface area contributed by atoms with Gasteiger partial charge in [-0.25, -0.2) is 0 Å². The molecule has 0 saturated heterocycles. The molecule has 2 aliphatic carbocycles. The van der Waals surface area contributed by atoms with Gasteiger partial charge in [0.1, 0.15) is 6.29 Å². The van der Waals surface area contributed by atoms with Crippen molar-refractivity contribution in [1.29, 1.82) is 0 Å². The molecule has 0 atom stereocenters. The fourth-order valence-electron chi connectivity index (χ4n) is 3.83. The number of carbonyl (C=O) groups excluding carboxylic acids is 1. The van der Waals surface area contributed by atoms with Crippen molar-refractivity contribution in [3.8, 4) is 0 Å². The van der Waals surface area contributed by atoms with Gasteiger partial charge in [0.25, 0.3) is 0 Å². The zero-order chi connectivity index (χ0) is 12.1. The lowest BCUT2D eigenvalue weighted by Gasteiger charge is -2.36. The highest BCUT2D eigenvalue weighted by Crippen LogP contribution is 2.41. The lowest BCUT2D eigenvalue weighted by Crippen LogP contribution is -2.25. The van der Waals surface area contributed by atoms with Gasteiger partial charge in [-0.3, -0.25) is 0 Å². The Balaban J connectivity index is 1.76. The molecular weight excluding hydrogens is 208 g/mol. The zero-order valence-corrected chi connectivity index (χ0v) is 11.1. The van der Waals surface area contributed by atoms with Crippen LogP contribution in [0.15, 0.2) is 12.2 Å². The van der Waals surface area contributed by atoms with E-state index >= 15 is 0 Å². The molecule has 96 valence electrons. The third kappa shape index (κ3) is 3.43. The minimum absolute atomic E-state index is 0.380. The monoisotopic (exact) mass is 234 g/mol. The lowest BCUT2D eigenvalue weighted by molar-refractivity contribution is -0.112. The van der Waals surface area contributed by atoms with E-state index in [0.29, 0.717) is 5.92 Å². The lowest BCUT2D eigenvalue weighted by atomic mass is 9.69. The molecule has 2 rings (SSSR count). The Labute approximate surface area is 106 Å². The fourth-order valence-corrected chi connectivity index (χ4v) is 3.83. The number of allylic oxidation sites excluding steroid dienone is 2. The normalized spacial score (nSPS) is 39.4. The van der Waals surface area contributed by atoms with Gasteiger partial charge < -0.3 is 4.79 Å². The molecule has 0 heterocycles. The van der Waals surface area contributed by atoms with E-state index in [0.717, 1.165) is 30.6 Å². The minimum Gasteiger partial charge on any atom is -0.303 e. The molecule has 0 aromatic rings. The van der Waals surface area contributed by atoms with Crippen LogP contribution < -0.4 is 0 Å². The van der Waals surface area contributed by atoms with E-state index in [1.807, 2.05) is 0 Å². The molecule has 1 nitrogen and oxygen atoms in total. The van der Waals surface area contributed by atoms with Crippen molar-refractivity contribution in [2.24, 2.45) is 23.7 Å². The van der Waals surface area contributed by atoms with Crippen LogP contribution in [0.2, 0.25) is 0 Å². The Kier molecular flexibility index (Phi) is 4.82. The first-order valence-electron chi connectivity index (χ1n) is 7.41. The summed E-state index contributed by atoms with van der Waals surface area (Å²) in [6.07, 6.45) is 16.3. The van der Waals surface area contributed by atoms with Crippen molar-refractivity contribution in [1.82, 2.24) is 0 Å². The van der Waals surface area contributed by atoms with Crippen LogP contribution in [0.4, 0.5) is 0 Å². The van der Waals surface area contributed by atoms with Gasteiger partial charge in [0.05, 0.1) is 0 Å². The van der Waals surface area contributed by atoms with Gasteiger partial charge in [-0.1, -0.05) is 12.2 Å². The molecule has 1 heteroatoms. The average Bonchev–Trinajstić information content (AvgIpc) is 2.40. The van der Waals surface area contributed by atoms with Gasteiger partial charge >= 0.3 is 0 Å². The molecule has 2 fully saturated rings. The second-order valence-corrected chi connectivity index (χ2v) is 6.01. The SMILES string of the molecule is CC=C[C@H]1CC[C@H]([C@H]2CC[C@H](C=O)CC2)CC1. The van der Waals surface area contributed by atoms with Gasteiger partial charge in [-0.2, -0.15) is 0 Å². The summed E-state index contributed by atoms with van der Waals surface area (Å²) in [4.78, 5) is 10.8. The van der Waals surface area contributed by atoms with Crippen LogP contribution in [0, 0.1) is 23.7 Å². The first-order chi connectivity index (χ1) is 8.33. The van der Waals surface area contributed by atoms with Crippen LogP contribution in [0.3, 0.4) is 0 Å². The molecule has 0 N–H and O–H groups in total. The van der Waals surface area contributed by atoms with Gasteiger partial charge in [0.2, 0.25) is 0 Å². The fraction of sp³-hybridized carbons (Fsp3) is 0.812. The molecule has 2 aliphatic rings. The van der Waals surface area contributed by atoms with Crippen LogP contribution >= 0.6 is 0 Å². The number of aldehydes is 1. The molecule has 0 aromatic carbocycles. The smallest absolute Gasteiger partial charge is 0.123 e. The maximum absolute atomic E-state index is 10.8. The number of rotatable bonds is 3. The van der Waals surface area contributed by atoms with Crippen molar-refractivity contribution in [2.45, 2.75) is 58.3 Å². The molecule has 0 aliphatic heterocycles. The van der Waals surface area contributed by atoms with Crippen LogP contribution in [0.5, 0.6) is 0 Å². The molecule has 2 saturated carbocycles. The third-order valence-electron chi connectivity index (χ3n) is 4.96. The van der Waals surface area contributed by atoms with E-state index in [2.05, 4.69) is 19.1 Å². The first-order valence-corrected chi connectivity index (χ1v) is 7.41. The Morgan fingerprint density at radius 3 is 1.65 bits per heavy atom. The summed E-state index contributed by atoms with van der Waals surface area (Å²) in [5, 5.41) is 0. The number of hydrogen-bond acceptors (Lipinski definition) is 1. The van der Waals surface area contributed by atoms with E-state index in [-0.39, 0.29) is 0 Å². The summed E-state index contributed by atoms with van der Waals surface area (Å²) in [5.74, 6) is 3.12. The summed E-state index contributed by atoms with van der Waals surface area (Å²) in [6.45, 7) is 2.13.